The first kappa shape index (κ1) is 19.1. The highest BCUT2D eigenvalue weighted by Gasteiger charge is 2.24. The van der Waals surface area contributed by atoms with Crippen molar-refractivity contribution in [3.63, 3.8) is 0 Å². The summed E-state index contributed by atoms with van der Waals surface area (Å²) < 4.78 is 12.7. The van der Waals surface area contributed by atoms with Crippen LogP contribution in [-0.4, -0.2) is 28.8 Å². The number of amides is 1. The van der Waals surface area contributed by atoms with Gasteiger partial charge in [0.05, 0.1) is 11.9 Å². The summed E-state index contributed by atoms with van der Waals surface area (Å²) in [5, 5.41) is 7.15. The summed E-state index contributed by atoms with van der Waals surface area (Å²) >= 11 is 0. The fraction of sp³-hybridized carbons (Fsp3) is 0.318. The molecule has 1 unspecified atom stereocenters. The number of hydrogen-bond acceptors (Lipinski definition) is 5. The van der Waals surface area contributed by atoms with E-state index in [1.54, 1.807) is 23.9 Å². The van der Waals surface area contributed by atoms with Crippen LogP contribution in [0.4, 0.5) is 0 Å². The lowest BCUT2D eigenvalue weighted by molar-refractivity contribution is 0.0883. The molecule has 7 heteroatoms. The number of nitrogens with zero attached hydrogens (tertiary/aromatic N) is 2. The highest BCUT2D eigenvalue weighted by atomic mass is 16.5. The molecule has 0 bridgehead atoms. The second-order valence-electron chi connectivity index (χ2n) is 7.13. The van der Waals surface area contributed by atoms with E-state index in [1.807, 2.05) is 36.5 Å². The zero-order chi connectivity index (χ0) is 20.2. The maximum absolute atomic E-state index is 12.5. The number of carbonyl (C=O) groups excluding carboxylic acids is 1. The van der Waals surface area contributed by atoms with Gasteiger partial charge >= 0.3 is 5.63 Å². The third-order valence-corrected chi connectivity index (χ3v) is 5.00. The minimum absolute atomic E-state index is 0.0479. The van der Waals surface area contributed by atoms with Crippen molar-refractivity contribution < 1.29 is 13.9 Å². The largest absolute Gasteiger partial charge is 0.424 e. The van der Waals surface area contributed by atoms with Crippen molar-refractivity contribution in [3.8, 4) is 5.69 Å². The minimum Gasteiger partial charge on any atom is -0.424 e. The van der Waals surface area contributed by atoms with Crippen LogP contribution in [0.1, 0.15) is 46.2 Å². The highest BCUT2D eigenvalue weighted by molar-refractivity contribution is 5.95. The third kappa shape index (κ3) is 4.30. The quantitative estimate of drug-likeness (QED) is 0.696. The summed E-state index contributed by atoms with van der Waals surface area (Å²) in [5.41, 5.74) is 1.99. The van der Waals surface area contributed by atoms with Crippen LogP contribution in [-0.2, 0) is 11.2 Å². The van der Waals surface area contributed by atoms with E-state index in [9.17, 15) is 9.59 Å². The number of rotatable bonds is 6. The Balaban J connectivity index is 1.38. The van der Waals surface area contributed by atoms with Crippen LogP contribution < -0.4 is 10.9 Å². The maximum atomic E-state index is 12.5. The molecule has 0 saturated carbocycles. The van der Waals surface area contributed by atoms with Gasteiger partial charge in [0.1, 0.15) is 17.4 Å². The third-order valence-electron chi connectivity index (χ3n) is 5.00. The first-order valence-electron chi connectivity index (χ1n) is 9.75. The Morgan fingerprint density at radius 1 is 1.31 bits per heavy atom. The highest BCUT2D eigenvalue weighted by Crippen LogP contribution is 2.28. The van der Waals surface area contributed by atoms with E-state index in [1.165, 1.54) is 0 Å². The Bertz CT molecular complexity index is 1050. The molecule has 2 aromatic heterocycles. The molecule has 1 saturated heterocycles. The molecule has 150 valence electrons. The number of benzene rings is 1. The first-order chi connectivity index (χ1) is 14.1. The van der Waals surface area contributed by atoms with Gasteiger partial charge in [-0.25, -0.2) is 9.48 Å². The number of para-hydroxylation sites is 1. The lowest BCUT2D eigenvalue weighted by atomic mass is 10.1. The van der Waals surface area contributed by atoms with Crippen LogP contribution in [0.2, 0.25) is 0 Å². The Morgan fingerprint density at radius 2 is 2.14 bits per heavy atom. The van der Waals surface area contributed by atoms with Gasteiger partial charge in [-0.3, -0.25) is 4.79 Å². The average Bonchev–Trinajstić information content (AvgIpc) is 3.40. The molecule has 1 atom stereocenters. The summed E-state index contributed by atoms with van der Waals surface area (Å²) in [7, 11) is 0. The molecule has 1 aliphatic rings. The van der Waals surface area contributed by atoms with E-state index in [0.29, 0.717) is 30.9 Å². The SMILES string of the molecule is Cc1cc(C2CCCO2)oc(=O)c1C(=O)NCCc1cnn(-c2ccccc2)c1. The molecule has 0 spiro atoms. The number of aryl methyl sites for hydroxylation is 1. The molecular formula is C22H23N3O4. The van der Waals surface area contributed by atoms with Crippen molar-refractivity contribution in [2.75, 3.05) is 13.2 Å². The molecule has 7 nitrogen and oxygen atoms in total. The van der Waals surface area contributed by atoms with Crippen LogP contribution in [0.3, 0.4) is 0 Å². The lowest BCUT2D eigenvalue weighted by Gasteiger charge is -2.11. The molecule has 0 aliphatic carbocycles. The molecule has 1 aromatic carbocycles. The average molecular weight is 393 g/mol. The van der Waals surface area contributed by atoms with E-state index in [-0.39, 0.29) is 11.7 Å². The molecule has 1 fully saturated rings. The van der Waals surface area contributed by atoms with Crippen molar-refractivity contribution in [1.82, 2.24) is 15.1 Å². The second kappa shape index (κ2) is 8.45. The monoisotopic (exact) mass is 393 g/mol. The van der Waals surface area contributed by atoms with Gasteiger partial charge in [0, 0.05) is 19.3 Å². The fourth-order valence-corrected chi connectivity index (χ4v) is 3.49. The molecule has 1 aliphatic heterocycles. The van der Waals surface area contributed by atoms with E-state index in [0.717, 1.165) is 24.1 Å². The van der Waals surface area contributed by atoms with Gasteiger partial charge in [-0.2, -0.15) is 5.10 Å². The van der Waals surface area contributed by atoms with E-state index >= 15 is 0 Å². The normalized spacial score (nSPS) is 16.1. The Hall–Kier alpha value is -3.19. The Morgan fingerprint density at radius 3 is 2.86 bits per heavy atom. The minimum atomic E-state index is -0.620. The summed E-state index contributed by atoms with van der Waals surface area (Å²) in [6.07, 6.45) is 5.88. The lowest BCUT2D eigenvalue weighted by Crippen LogP contribution is -2.31. The molecule has 4 rings (SSSR count). The van der Waals surface area contributed by atoms with Crippen molar-refractivity contribution in [1.29, 1.82) is 0 Å². The predicted molar refractivity (Wildman–Crippen MR) is 107 cm³/mol. The molecule has 3 heterocycles. The predicted octanol–water partition coefficient (Wildman–Crippen LogP) is 2.96. The van der Waals surface area contributed by atoms with Crippen LogP contribution in [0.25, 0.3) is 5.69 Å². The molecule has 3 aromatic rings. The number of aromatic nitrogens is 2. The van der Waals surface area contributed by atoms with Gasteiger partial charge in [0.2, 0.25) is 0 Å². The van der Waals surface area contributed by atoms with Crippen molar-refractivity contribution in [3.05, 3.63) is 81.7 Å². The fourth-order valence-electron chi connectivity index (χ4n) is 3.49. The number of carbonyl (C=O) groups is 1. The van der Waals surface area contributed by atoms with Gasteiger partial charge in [-0.05, 0) is 55.5 Å². The Kier molecular flexibility index (Phi) is 5.57. The van der Waals surface area contributed by atoms with Crippen molar-refractivity contribution in [2.45, 2.75) is 32.3 Å². The summed E-state index contributed by atoms with van der Waals surface area (Å²) in [6, 6.07) is 11.5. The molecule has 29 heavy (non-hydrogen) atoms. The smallest absolute Gasteiger partial charge is 0.349 e. The number of ether oxygens (including phenoxy) is 1. The molecular weight excluding hydrogens is 370 g/mol. The molecule has 1 N–H and O–H groups in total. The van der Waals surface area contributed by atoms with E-state index in [4.69, 9.17) is 9.15 Å². The zero-order valence-electron chi connectivity index (χ0n) is 16.3. The van der Waals surface area contributed by atoms with E-state index < -0.39 is 11.5 Å². The summed E-state index contributed by atoms with van der Waals surface area (Å²) in [6.45, 7) is 2.80. The standard InChI is InChI=1S/C22H23N3O4/c1-15-12-19(18-8-5-11-28-18)29-22(27)20(15)21(26)23-10-9-16-13-24-25(14-16)17-6-3-2-4-7-17/h2-4,6-7,12-14,18H,5,8-11H2,1H3,(H,23,26). The summed E-state index contributed by atoms with van der Waals surface area (Å²) in [4.78, 5) is 24.9. The molecule has 0 radical (unpaired) electrons. The second-order valence-corrected chi connectivity index (χ2v) is 7.13. The van der Waals surface area contributed by atoms with Crippen molar-refractivity contribution in [2.24, 2.45) is 0 Å². The number of nitrogens with one attached hydrogen (secondary N) is 1. The van der Waals surface area contributed by atoms with Crippen LogP contribution in [0.15, 0.2) is 58.0 Å². The van der Waals surface area contributed by atoms with Gasteiger partial charge in [0.15, 0.2) is 0 Å². The van der Waals surface area contributed by atoms with Crippen LogP contribution >= 0.6 is 0 Å². The maximum Gasteiger partial charge on any atom is 0.349 e. The van der Waals surface area contributed by atoms with Crippen LogP contribution in [0.5, 0.6) is 0 Å². The number of hydrogen-bond donors (Lipinski definition) is 1. The van der Waals surface area contributed by atoms with Gasteiger partial charge in [-0.15, -0.1) is 0 Å². The zero-order valence-corrected chi connectivity index (χ0v) is 16.3. The van der Waals surface area contributed by atoms with Gasteiger partial charge in [0.25, 0.3) is 5.91 Å². The Labute approximate surface area is 168 Å². The summed E-state index contributed by atoms with van der Waals surface area (Å²) in [5.74, 6) is 0.0699. The first-order valence-corrected chi connectivity index (χ1v) is 9.75. The topological polar surface area (TPSA) is 86.4 Å². The van der Waals surface area contributed by atoms with Gasteiger partial charge < -0.3 is 14.5 Å². The molecule has 1 amide bonds. The van der Waals surface area contributed by atoms with E-state index in [2.05, 4.69) is 10.4 Å². The van der Waals surface area contributed by atoms with Crippen LogP contribution in [0, 0.1) is 6.92 Å². The van der Waals surface area contributed by atoms with Gasteiger partial charge in [-0.1, -0.05) is 18.2 Å². The van der Waals surface area contributed by atoms with Crippen molar-refractivity contribution >= 4 is 5.91 Å².